The summed E-state index contributed by atoms with van der Waals surface area (Å²) in [6, 6.07) is 3.83. The molecule has 80 valence electrons. The maximum absolute atomic E-state index is 10.9. The normalized spacial score (nSPS) is 11.6. The molecule has 1 aromatic carbocycles. The number of benzene rings is 1. The SMILES string of the molecule is CO.Cc1cc(C)c(S(=O)O)c(C)c1. The number of aryl methyl sites for hydroxylation is 3. The van der Waals surface area contributed by atoms with Crippen molar-refractivity contribution in [1.82, 2.24) is 0 Å². The lowest BCUT2D eigenvalue weighted by Crippen LogP contribution is -1.96. The molecule has 4 heteroatoms. The summed E-state index contributed by atoms with van der Waals surface area (Å²) in [7, 11) is 1.00. The van der Waals surface area contributed by atoms with Crippen LogP contribution in [0.25, 0.3) is 0 Å². The van der Waals surface area contributed by atoms with Crippen LogP contribution in [0.1, 0.15) is 16.7 Å². The summed E-state index contributed by atoms with van der Waals surface area (Å²) in [5, 5.41) is 7.00. The van der Waals surface area contributed by atoms with E-state index >= 15 is 0 Å². The van der Waals surface area contributed by atoms with E-state index < -0.39 is 11.1 Å². The smallest absolute Gasteiger partial charge is 0.187 e. The van der Waals surface area contributed by atoms with Crippen LogP contribution < -0.4 is 0 Å². The van der Waals surface area contributed by atoms with Crippen LogP contribution in [0.5, 0.6) is 0 Å². The lowest BCUT2D eigenvalue weighted by Gasteiger charge is -2.06. The molecule has 0 fully saturated rings. The van der Waals surface area contributed by atoms with Gasteiger partial charge in [0, 0.05) is 7.11 Å². The molecule has 0 amide bonds. The number of hydrogen-bond acceptors (Lipinski definition) is 2. The zero-order valence-corrected chi connectivity index (χ0v) is 9.68. The first-order valence-corrected chi connectivity index (χ1v) is 5.26. The van der Waals surface area contributed by atoms with Crippen molar-refractivity contribution in [2.75, 3.05) is 7.11 Å². The van der Waals surface area contributed by atoms with E-state index in [1.807, 2.05) is 32.9 Å². The van der Waals surface area contributed by atoms with E-state index in [2.05, 4.69) is 0 Å². The van der Waals surface area contributed by atoms with E-state index in [9.17, 15) is 4.21 Å². The second-order valence-electron chi connectivity index (χ2n) is 2.98. The highest BCUT2D eigenvalue weighted by Crippen LogP contribution is 2.18. The van der Waals surface area contributed by atoms with Gasteiger partial charge in [0.25, 0.3) is 0 Å². The maximum atomic E-state index is 10.9. The van der Waals surface area contributed by atoms with Gasteiger partial charge in [-0.25, -0.2) is 4.21 Å². The van der Waals surface area contributed by atoms with E-state index in [0.29, 0.717) is 4.90 Å². The Morgan fingerprint density at radius 2 is 1.43 bits per heavy atom. The van der Waals surface area contributed by atoms with Crippen molar-refractivity contribution < 1.29 is 13.9 Å². The van der Waals surface area contributed by atoms with Gasteiger partial charge in [-0.05, 0) is 31.9 Å². The van der Waals surface area contributed by atoms with Gasteiger partial charge in [0.15, 0.2) is 11.1 Å². The Kier molecular flexibility index (Phi) is 5.60. The average molecular weight is 216 g/mol. The highest BCUT2D eigenvalue weighted by molar-refractivity contribution is 7.79. The predicted octanol–water partition coefficient (Wildman–Crippen LogP) is 1.80. The molecule has 3 nitrogen and oxygen atoms in total. The predicted molar refractivity (Wildman–Crippen MR) is 57.8 cm³/mol. The molecule has 0 aliphatic heterocycles. The summed E-state index contributed by atoms with van der Waals surface area (Å²) < 4.78 is 19.8. The fraction of sp³-hybridized carbons (Fsp3) is 0.400. The molecule has 0 aromatic heterocycles. The first-order valence-electron chi connectivity index (χ1n) is 4.16. The fourth-order valence-electron chi connectivity index (χ4n) is 1.44. The number of aliphatic hydroxyl groups excluding tert-OH is 1. The Hall–Kier alpha value is -0.710. The van der Waals surface area contributed by atoms with Crippen LogP contribution in [0, 0.1) is 20.8 Å². The second-order valence-corrected chi connectivity index (χ2v) is 3.88. The Morgan fingerprint density at radius 3 is 1.71 bits per heavy atom. The minimum absolute atomic E-state index is 0.542. The second kappa shape index (κ2) is 5.90. The zero-order chi connectivity index (χ0) is 11.3. The average Bonchev–Trinajstić information content (AvgIpc) is 2.04. The van der Waals surface area contributed by atoms with Crippen molar-refractivity contribution >= 4 is 11.1 Å². The van der Waals surface area contributed by atoms with Crippen LogP contribution >= 0.6 is 0 Å². The Morgan fingerprint density at radius 1 is 1.07 bits per heavy atom. The summed E-state index contributed by atoms with van der Waals surface area (Å²) in [6.45, 7) is 5.68. The standard InChI is InChI=1S/C9H12O2S.CH4O/c1-6-4-7(2)9(12(10)11)8(3)5-6;1-2/h4-5H,1-3H3,(H,10,11);2H,1H3. The lowest BCUT2D eigenvalue weighted by atomic mass is 10.1. The largest absolute Gasteiger partial charge is 0.400 e. The molecule has 1 rings (SSSR count). The van der Waals surface area contributed by atoms with Crippen LogP contribution in [-0.2, 0) is 11.1 Å². The van der Waals surface area contributed by atoms with Gasteiger partial charge in [-0.2, -0.15) is 0 Å². The van der Waals surface area contributed by atoms with E-state index in [4.69, 9.17) is 9.66 Å². The molecule has 0 aliphatic rings. The van der Waals surface area contributed by atoms with Gasteiger partial charge in [-0.3, -0.25) is 0 Å². The van der Waals surface area contributed by atoms with Crippen LogP contribution in [0.2, 0.25) is 0 Å². The van der Waals surface area contributed by atoms with E-state index in [-0.39, 0.29) is 0 Å². The summed E-state index contributed by atoms with van der Waals surface area (Å²) in [4.78, 5) is 0.542. The van der Waals surface area contributed by atoms with Crippen LogP contribution in [0.4, 0.5) is 0 Å². The zero-order valence-electron chi connectivity index (χ0n) is 8.87. The molecular formula is C10H16O3S. The van der Waals surface area contributed by atoms with Crippen molar-refractivity contribution in [3.8, 4) is 0 Å². The van der Waals surface area contributed by atoms with E-state index in [1.165, 1.54) is 0 Å². The fourth-order valence-corrected chi connectivity index (χ4v) is 2.11. The van der Waals surface area contributed by atoms with Gasteiger partial charge >= 0.3 is 0 Å². The van der Waals surface area contributed by atoms with Crippen molar-refractivity contribution in [2.45, 2.75) is 25.7 Å². The van der Waals surface area contributed by atoms with Crippen LogP contribution in [0.3, 0.4) is 0 Å². The van der Waals surface area contributed by atoms with Crippen molar-refractivity contribution in [1.29, 1.82) is 0 Å². The summed E-state index contributed by atoms with van der Waals surface area (Å²) in [5.74, 6) is 0. The third-order valence-corrected chi connectivity index (χ3v) is 2.77. The molecule has 0 saturated heterocycles. The minimum atomic E-state index is -1.86. The summed E-state index contributed by atoms with van der Waals surface area (Å²) in [5.41, 5.74) is 2.89. The molecule has 0 aliphatic carbocycles. The third-order valence-electron chi connectivity index (χ3n) is 1.78. The monoisotopic (exact) mass is 216 g/mol. The van der Waals surface area contributed by atoms with Crippen molar-refractivity contribution in [2.24, 2.45) is 0 Å². The van der Waals surface area contributed by atoms with Crippen LogP contribution in [-0.4, -0.2) is 21.0 Å². The minimum Gasteiger partial charge on any atom is -0.400 e. The first kappa shape index (κ1) is 13.3. The van der Waals surface area contributed by atoms with Crippen molar-refractivity contribution in [3.05, 3.63) is 28.8 Å². The van der Waals surface area contributed by atoms with Crippen molar-refractivity contribution in [3.63, 3.8) is 0 Å². The Bertz CT molecular complexity index is 311. The molecule has 1 atom stereocenters. The van der Waals surface area contributed by atoms with E-state index in [1.54, 1.807) is 0 Å². The molecule has 0 saturated carbocycles. The van der Waals surface area contributed by atoms with Gasteiger partial charge in [-0.1, -0.05) is 17.7 Å². The molecule has 1 aromatic rings. The molecular weight excluding hydrogens is 200 g/mol. The molecule has 14 heavy (non-hydrogen) atoms. The summed E-state index contributed by atoms with van der Waals surface area (Å²) >= 11 is -1.86. The topological polar surface area (TPSA) is 57.5 Å². The maximum Gasteiger partial charge on any atom is 0.187 e. The third kappa shape index (κ3) is 3.21. The number of rotatable bonds is 1. The highest BCUT2D eigenvalue weighted by Gasteiger charge is 2.08. The quantitative estimate of drug-likeness (QED) is 0.704. The summed E-state index contributed by atoms with van der Waals surface area (Å²) in [6.07, 6.45) is 0. The highest BCUT2D eigenvalue weighted by atomic mass is 32.2. The lowest BCUT2D eigenvalue weighted by molar-refractivity contribution is 0.399. The number of hydrogen-bond donors (Lipinski definition) is 2. The van der Waals surface area contributed by atoms with Gasteiger partial charge < -0.3 is 9.66 Å². The van der Waals surface area contributed by atoms with Gasteiger partial charge in [0.05, 0.1) is 4.90 Å². The van der Waals surface area contributed by atoms with E-state index in [0.717, 1.165) is 23.8 Å². The van der Waals surface area contributed by atoms with Crippen LogP contribution in [0.15, 0.2) is 17.0 Å². The number of aliphatic hydroxyl groups is 1. The molecule has 0 spiro atoms. The van der Waals surface area contributed by atoms with Gasteiger partial charge in [-0.15, -0.1) is 0 Å². The Labute approximate surface area is 87.1 Å². The van der Waals surface area contributed by atoms with Gasteiger partial charge in [0.1, 0.15) is 0 Å². The van der Waals surface area contributed by atoms with Gasteiger partial charge in [0.2, 0.25) is 0 Å². The molecule has 0 heterocycles. The Balaban J connectivity index is 0.000000791. The molecule has 1 unspecified atom stereocenters. The molecule has 2 N–H and O–H groups in total. The molecule has 0 bridgehead atoms. The first-order chi connectivity index (χ1) is 6.52. The molecule has 0 radical (unpaired) electrons.